The first-order chi connectivity index (χ1) is 7.07. The van der Waals surface area contributed by atoms with E-state index in [1.54, 1.807) is 0 Å². The second kappa shape index (κ2) is 5.08. The molecule has 0 aliphatic heterocycles. The van der Waals surface area contributed by atoms with Gasteiger partial charge in [0.25, 0.3) is 0 Å². The molecule has 0 bridgehead atoms. The molecule has 1 aromatic carbocycles. The number of carbonyl (C=O) groups is 1. The molecule has 1 rings (SSSR count). The summed E-state index contributed by atoms with van der Waals surface area (Å²) in [6.07, 6.45) is 0. The predicted octanol–water partition coefficient (Wildman–Crippen LogP) is 2.44. The van der Waals surface area contributed by atoms with Crippen molar-refractivity contribution in [2.75, 3.05) is 6.61 Å². The number of aliphatic hydroxyl groups excluding tert-OH is 1. The van der Waals surface area contributed by atoms with Crippen LogP contribution < -0.4 is 0 Å². The first-order valence-corrected chi connectivity index (χ1v) is 5.28. The zero-order chi connectivity index (χ0) is 11.4. The Kier molecular flexibility index (Phi) is 4.04. The van der Waals surface area contributed by atoms with Crippen molar-refractivity contribution in [3.05, 3.63) is 35.4 Å². The van der Waals surface area contributed by atoms with Crippen LogP contribution in [-0.2, 0) is 0 Å². The Balaban J connectivity index is 2.98. The van der Waals surface area contributed by atoms with Gasteiger partial charge < -0.3 is 5.11 Å². The van der Waals surface area contributed by atoms with Gasteiger partial charge in [-0.2, -0.15) is 0 Å². The molecular weight excluding hydrogens is 188 g/mol. The molecule has 0 aliphatic carbocycles. The normalized spacial score (nSPS) is 12.9. The molecule has 1 unspecified atom stereocenters. The van der Waals surface area contributed by atoms with Crippen LogP contribution in [0.4, 0.5) is 0 Å². The second-order valence-electron chi connectivity index (χ2n) is 4.21. The number of hydrogen-bond acceptors (Lipinski definition) is 2. The molecule has 1 N–H and O–H groups in total. The fourth-order valence-electron chi connectivity index (χ4n) is 1.65. The number of benzene rings is 1. The molecule has 0 heterocycles. The van der Waals surface area contributed by atoms with Gasteiger partial charge in [0.05, 0.1) is 6.61 Å². The zero-order valence-corrected chi connectivity index (χ0v) is 9.53. The van der Waals surface area contributed by atoms with Crippen LogP contribution in [0.2, 0.25) is 0 Å². The van der Waals surface area contributed by atoms with E-state index in [-0.39, 0.29) is 24.2 Å². The molecular formula is C13H18O2. The van der Waals surface area contributed by atoms with E-state index in [1.807, 2.05) is 45.0 Å². The van der Waals surface area contributed by atoms with Gasteiger partial charge in [0, 0.05) is 11.5 Å². The van der Waals surface area contributed by atoms with Crippen molar-refractivity contribution < 1.29 is 9.90 Å². The van der Waals surface area contributed by atoms with Gasteiger partial charge >= 0.3 is 0 Å². The molecule has 0 aromatic heterocycles. The number of rotatable bonds is 4. The van der Waals surface area contributed by atoms with E-state index in [9.17, 15) is 9.90 Å². The Bertz CT molecular complexity index is 342. The van der Waals surface area contributed by atoms with E-state index >= 15 is 0 Å². The average Bonchev–Trinajstić information content (AvgIpc) is 2.18. The lowest BCUT2D eigenvalue weighted by Gasteiger charge is -2.17. The Labute approximate surface area is 90.9 Å². The molecule has 2 nitrogen and oxygen atoms in total. The van der Waals surface area contributed by atoms with Crippen LogP contribution in [-0.4, -0.2) is 17.5 Å². The summed E-state index contributed by atoms with van der Waals surface area (Å²) in [5.74, 6) is -0.0705. The van der Waals surface area contributed by atoms with Crippen LogP contribution in [0.15, 0.2) is 24.3 Å². The van der Waals surface area contributed by atoms with E-state index in [4.69, 9.17) is 0 Å². The summed E-state index contributed by atoms with van der Waals surface area (Å²) in [5.41, 5.74) is 1.70. The van der Waals surface area contributed by atoms with Gasteiger partial charge in [-0.15, -0.1) is 0 Å². The number of aliphatic hydroxyl groups is 1. The fraction of sp³-hybridized carbons (Fsp3) is 0.462. The number of carbonyl (C=O) groups excluding carboxylic acids is 1. The predicted molar refractivity (Wildman–Crippen MR) is 60.9 cm³/mol. The van der Waals surface area contributed by atoms with Gasteiger partial charge in [0.2, 0.25) is 0 Å². The van der Waals surface area contributed by atoms with Gasteiger partial charge in [0.1, 0.15) is 0 Å². The molecule has 0 aliphatic rings. The Morgan fingerprint density at radius 2 is 1.93 bits per heavy atom. The van der Waals surface area contributed by atoms with Crippen molar-refractivity contribution in [2.45, 2.75) is 20.8 Å². The number of ketones is 1. The maximum Gasteiger partial charge on any atom is 0.168 e. The highest BCUT2D eigenvalue weighted by atomic mass is 16.3. The number of aryl methyl sites for hydroxylation is 1. The molecule has 82 valence electrons. The summed E-state index contributed by atoms with van der Waals surface area (Å²) in [6, 6.07) is 7.51. The van der Waals surface area contributed by atoms with E-state index in [0.717, 1.165) is 11.1 Å². The van der Waals surface area contributed by atoms with Crippen LogP contribution in [0.3, 0.4) is 0 Å². The second-order valence-corrected chi connectivity index (χ2v) is 4.21. The molecule has 0 spiro atoms. The highest BCUT2D eigenvalue weighted by Gasteiger charge is 2.23. The summed E-state index contributed by atoms with van der Waals surface area (Å²) in [4.78, 5) is 12.1. The third-order valence-corrected chi connectivity index (χ3v) is 2.75. The number of Topliss-reactive ketones (excluding diaryl/α,β-unsaturated/α-hetero) is 1. The van der Waals surface area contributed by atoms with Crippen molar-refractivity contribution in [1.29, 1.82) is 0 Å². The summed E-state index contributed by atoms with van der Waals surface area (Å²) >= 11 is 0. The lowest BCUT2D eigenvalue weighted by atomic mass is 9.87. The molecule has 15 heavy (non-hydrogen) atoms. The summed E-state index contributed by atoms with van der Waals surface area (Å²) in [5, 5.41) is 9.20. The van der Waals surface area contributed by atoms with Crippen LogP contribution in [0.5, 0.6) is 0 Å². The van der Waals surface area contributed by atoms with Crippen molar-refractivity contribution in [3.63, 3.8) is 0 Å². The van der Waals surface area contributed by atoms with Gasteiger partial charge in [-0.05, 0) is 18.4 Å². The van der Waals surface area contributed by atoms with Gasteiger partial charge in [-0.1, -0.05) is 38.1 Å². The summed E-state index contributed by atoms with van der Waals surface area (Å²) in [6.45, 7) is 5.75. The lowest BCUT2D eigenvalue weighted by molar-refractivity contribution is 0.0806. The van der Waals surface area contributed by atoms with Crippen LogP contribution in [0.25, 0.3) is 0 Å². The Morgan fingerprint density at radius 3 is 2.40 bits per heavy atom. The van der Waals surface area contributed by atoms with E-state index in [0.29, 0.717) is 0 Å². The van der Waals surface area contributed by atoms with Gasteiger partial charge in [-0.3, -0.25) is 4.79 Å². The minimum absolute atomic E-state index is 0.0469. The van der Waals surface area contributed by atoms with E-state index in [1.165, 1.54) is 0 Å². The third kappa shape index (κ3) is 2.66. The Morgan fingerprint density at radius 1 is 1.33 bits per heavy atom. The highest BCUT2D eigenvalue weighted by molar-refractivity contribution is 5.99. The molecule has 0 amide bonds. The first-order valence-electron chi connectivity index (χ1n) is 5.28. The van der Waals surface area contributed by atoms with E-state index < -0.39 is 0 Å². The zero-order valence-electron chi connectivity index (χ0n) is 9.53. The SMILES string of the molecule is Cc1ccccc1C(=O)C(CO)C(C)C. The standard InChI is InChI=1S/C13H18O2/c1-9(2)12(8-14)13(15)11-7-5-4-6-10(11)3/h4-7,9,12,14H,8H2,1-3H3. The van der Waals surface area contributed by atoms with Crippen molar-refractivity contribution in [1.82, 2.24) is 0 Å². The van der Waals surface area contributed by atoms with Gasteiger partial charge in [-0.25, -0.2) is 0 Å². The minimum Gasteiger partial charge on any atom is -0.396 e. The summed E-state index contributed by atoms with van der Waals surface area (Å²) in [7, 11) is 0. The summed E-state index contributed by atoms with van der Waals surface area (Å²) < 4.78 is 0. The lowest BCUT2D eigenvalue weighted by Crippen LogP contribution is -2.24. The molecule has 0 saturated carbocycles. The van der Waals surface area contributed by atoms with Crippen molar-refractivity contribution in [2.24, 2.45) is 11.8 Å². The molecule has 1 aromatic rings. The molecule has 0 saturated heterocycles. The van der Waals surface area contributed by atoms with Crippen molar-refractivity contribution in [3.8, 4) is 0 Å². The first kappa shape index (κ1) is 11.9. The molecule has 0 radical (unpaired) electrons. The molecule has 1 atom stereocenters. The monoisotopic (exact) mass is 206 g/mol. The van der Waals surface area contributed by atoms with Crippen molar-refractivity contribution >= 4 is 5.78 Å². The van der Waals surface area contributed by atoms with Crippen LogP contribution in [0, 0.1) is 18.8 Å². The average molecular weight is 206 g/mol. The quantitative estimate of drug-likeness (QED) is 0.768. The molecule has 0 fully saturated rings. The maximum absolute atomic E-state index is 12.1. The topological polar surface area (TPSA) is 37.3 Å². The highest BCUT2D eigenvalue weighted by Crippen LogP contribution is 2.19. The smallest absolute Gasteiger partial charge is 0.168 e. The Hall–Kier alpha value is -1.15. The largest absolute Gasteiger partial charge is 0.396 e. The third-order valence-electron chi connectivity index (χ3n) is 2.75. The van der Waals surface area contributed by atoms with Crippen LogP contribution >= 0.6 is 0 Å². The van der Waals surface area contributed by atoms with Gasteiger partial charge in [0.15, 0.2) is 5.78 Å². The molecule has 2 heteroatoms. The fourth-order valence-corrected chi connectivity index (χ4v) is 1.65. The maximum atomic E-state index is 12.1. The number of hydrogen-bond donors (Lipinski definition) is 1. The van der Waals surface area contributed by atoms with Crippen LogP contribution in [0.1, 0.15) is 29.8 Å². The van der Waals surface area contributed by atoms with E-state index in [2.05, 4.69) is 0 Å². The minimum atomic E-state index is -0.286.